The number of hydrogen-bond donors (Lipinski definition) is 1. The summed E-state index contributed by atoms with van der Waals surface area (Å²) in [6.45, 7) is 11.1. The van der Waals surface area contributed by atoms with E-state index < -0.39 is 0 Å². The van der Waals surface area contributed by atoms with Gasteiger partial charge in [0.05, 0.1) is 6.54 Å². The summed E-state index contributed by atoms with van der Waals surface area (Å²) in [5, 5.41) is 6.85. The Hall–Kier alpha value is -2.37. The number of rotatable bonds is 8. The highest BCUT2D eigenvalue weighted by atomic mass is 16.5. The van der Waals surface area contributed by atoms with Crippen LogP contribution in [0.3, 0.4) is 0 Å². The second-order valence-corrected chi connectivity index (χ2v) is 7.64. The van der Waals surface area contributed by atoms with E-state index in [4.69, 9.17) is 9.26 Å². The monoisotopic (exact) mass is 359 g/mol. The number of carbonyl (C=O) groups excluding carboxylic acids is 1. The number of nitrogens with zero attached hydrogens (tertiary/aromatic N) is 2. The fourth-order valence-corrected chi connectivity index (χ4v) is 2.53. The second-order valence-electron chi connectivity index (χ2n) is 7.64. The lowest BCUT2D eigenvalue weighted by molar-refractivity contribution is -0.121. The van der Waals surface area contributed by atoms with Crippen LogP contribution in [0.1, 0.15) is 56.5 Å². The van der Waals surface area contributed by atoms with Crippen molar-refractivity contribution in [3.8, 4) is 5.75 Å². The van der Waals surface area contributed by atoms with E-state index in [2.05, 4.69) is 21.5 Å². The number of amides is 1. The molecule has 1 amide bonds. The van der Waals surface area contributed by atoms with Gasteiger partial charge in [-0.15, -0.1) is 0 Å². The van der Waals surface area contributed by atoms with E-state index in [9.17, 15) is 4.79 Å². The summed E-state index contributed by atoms with van der Waals surface area (Å²) >= 11 is 0. The van der Waals surface area contributed by atoms with Crippen LogP contribution in [0.5, 0.6) is 5.75 Å². The summed E-state index contributed by atoms with van der Waals surface area (Å²) in [4.78, 5) is 16.3. The van der Waals surface area contributed by atoms with Gasteiger partial charge in [-0.1, -0.05) is 32.0 Å². The molecule has 1 aromatic heterocycles. The van der Waals surface area contributed by atoms with Crippen molar-refractivity contribution in [2.45, 2.75) is 59.3 Å². The van der Waals surface area contributed by atoms with E-state index in [1.807, 2.05) is 46.8 Å². The Kier molecular flexibility index (Phi) is 6.77. The molecule has 1 aromatic carbocycles. The summed E-state index contributed by atoms with van der Waals surface area (Å²) < 4.78 is 10.9. The molecule has 0 fully saturated rings. The van der Waals surface area contributed by atoms with Crippen LogP contribution in [0.2, 0.25) is 0 Å². The van der Waals surface area contributed by atoms with Gasteiger partial charge in [0.25, 0.3) is 0 Å². The fourth-order valence-electron chi connectivity index (χ4n) is 2.53. The largest absolute Gasteiger partial charge is 0.492 e. The molecule has 0 atom stereocenters. The molecule has 26 heavy (non-hydrogen) atoms. The Balaban J connectivity index is 1.62. The Labute approximate surface area is 155 Å². The number of benzene rings is 1. The van der Waals surface area contributed by atoms with E-state index in [1.54, 1.807) is 0 Å². The van der Waals surface area contributed by atoms with Gasteiger partial charge in [-0.05, 0) is 43.5 Å². The van der Waals surface area contributed by atoms with Gasteiger partial charge in [0.15, 0.2) is 5.82 Å². The Morgan fingerprint density at radius 3 is 2.50 bits per heavy atom. The number of aromatic nitrogens is 2. The predicted octanol–water partition coefficient (Wildman–Crippen LogP) is 3.50. The molecule has 2 aromatic rings. The summed E-state index contributed by atoms with van der Waals surface area (Å²) in [5.41, 5.74) is 2.20. The smallest absolute Gasteiger partial charge is 0.226 e. The molecule has 0 radical (unpaired) electrons. The molecule has 0 saturated carbocycles. The first-order chi connectivity index (χ1) is 12.2. The lowest BCUT2D eigenvalue weighted by atomic mass is 9.96. The molecule has 0 unspecified atom stereocenters. The Morgan fingerprint density at radius 1 is 1.19 bits per heavy atom. The van der Waals surface area contributed by atoms with Crippen molar-refractivity contribution in [2.75, 3.05) is 13.2 Å². The van der Waals surface area contributed by atoms with E-state index in [1.165, 1.54) is 11.1 Å². The highest BCUT2D eigenvalue weighted by Crippen LogP contribution is 2.19. The summed E-state index contributed by atoms with van der Waals surface area (Å²) in [7, 11) is 0. The van der Waals surface area contributed by atoms with Crippen molar-refractivity contribution in [1.82, 2.24) is 15.5 Å². The van der Waals surface area contributed by atoms with E-state index in [0.717, 1.165) is 5.75 Å². The molecule has 0 saturated heterocycles. The van der Waals surface area contributed by atoms with Gasteiger partial charge in [-0.3, -0.25) is 4.79 Å². The van der Waals surface area contributed by atoms with Crippen molar-refractivity contribution in [1.29, 1.82) is 0 Å². The lowest BCUT2D eigenvalue weighted by Gasteiger charge is -2.10. The highest BCUT2D eigenvalue weighted by Gasteiger charge is 2.20. The quantitative estimate of drug-likeness (QED) is 0.730. The summed E-state index contributed by atoms with van der Waals surface area (Å²) in [5.74, 6) is 2.12. The average molecular weight is 359 g/mol. The van der Waals surface area contributed by atoms with Crippen LogP contribution < -0.4 is 10.1 Å². The van der Waals surface area contributed by atoms with Gasteiger partial charge in [-0.2, -0.15) is 4.98 Å². The first kappa shape index (κ1) is 19.9. The van der Waals surface area contributed by atoms with Crippen LogP contribution in [0.4, 0.5) is 0 Å². The van der Waals surface area contributed by atoms with Crippen molar-refractivity contribution >= 4 is 5.91 Å². The molecule has 0 spiro atoms. The fraction of sp³-hybridized carbons (Fsp3) is 0.550. The minimum Gasteiger partial charge on any atom is -0.492 e. The van der Waals surface area contributed by atoms with Crippen molar-refractivity contribution in [3.63, 3.8) is 0 Å². The number of carbonyl (C=O) groups is 1. The van der Waals surface area contributed by atoms with E-state index in [-0.39, 0.29) is 11.3 Å². The maximum absolute atomic E-state index is 11.9. The van der Waals surface area contributed by atoms with Crippen LogP contribution >= 0.6 is 0 Å². The molecule has 1 N–H and O–H groups in total. The van der Waals surface area contributed by atoms with Gasteiger partial charge in [-0.25, -0.2) is 0 Å². The van der Waals surface area contributed by atoms with Crippen molar-refractivity contribution < 1.29 is 14.1 Å². The molecule has 6 heteroatoms. The molecule has 0 bridgehead atoms. The third-order valence-corrected chi connectivity index (χ3v) is 3.82. The van der Waals surface area contributed by atoms with Gasteiger partial charge in [0.1, 0.15) is 12.4 Å². The van der Waals surface area contributed by atoms with E-state index in [0.29, 0.717) is 44.1 Å². The van der Waals surface area contributed by atoms with Crippen molar-refractivity contribution in [2.24, 2.45) is 0 Å². The topological polar surface area (TPSA) is 77.2 Å². The SMILES string of the molecule is Cc1cc(C)cc(OCCNC(=O)CCCc2nc(C(C)(C)C)no2)c1. The Morgan fingerprint density at radius 2 is 1.88 bits per heavy atom. The highest BCUT2D eigenvalue weighted by molar-refractivity contribution is 5.75. The zero-order valence-electron chi connectivity index (χ0n) is 16.4. The van der Waals surface area contributed by atoms with Gasteiger partial charge < -0.3 is 14.6 Å². The molecule has 0 aliphatic carbocycles. The minimum atomic E-state index is -0.130. The predicted molar refractivity (Wildman–Crippen MR) is 100 cm³/mol. The standard InChI is InChI=1S/C20H29N3O3/c1-14-11-15(2)13-16(12-14)25-10-9-21-17(24)7-6-8-18-22-19(23-26-18)20(3,4)5/h11-13H,6-10H2,1-5H3,(H,21,24). The molecule has 142 valence electrons. The number of aryl methyl sites for hydroxylation is 3. The van der Waals surface area contributed by atoms with Crippen LogP contribution in [-0.4, -0.2) is 29.2 Å². The molecule has 2 rings (SSSR count). The second kappa shape index (κ2) is 8.83. The zero-order valence-corrected chi connectivity index (χ0v) is 16.4. The molecule has 0 aliphatic rings. The maximum Gasteiger partial charge on any atom is 0.226 e. The number of nitrogens with one attached hydrogen (secondary N) is 1. The van der Waals surface area contributed by atoms with Crippen LogP contribution in [0, 0.1) is 13.8 Å². The maximum atomic E-state index is 11.9. The number of hydrogen-bond acceptors (Lipinski definition) is 5. The average Bonchev–Trinajstić information content (AvgIpc) is 3.00. The van der Waals surface area contributed by atoms with Gasteiger partial charge >= 0.3 is 0 Å². The molecule has 6 nitrogen and oxygen atoms in total. The number of ether oxygens (including phenoxy) is 1. The Bertz CT molecular complexity index is 712. The van der Waals surface area contributed by atoms with Gasteiger partial charge in [0, 0.05) is 18.3 Å². The third-order valence-electron chi connectivity index (χ3n) is 3.82. The summed E-state index contributed by atoms with van der Waals surface area (Å²) in [6.07, 6.45) is 1.71. The molecular formula is C20H29N3O3. The molecular weight excluding hydrogens is 330 g/mol. The minimum absolute atomic E-state index is 0.00424. The van der Waals surface area contributed by atoms with Crippen LogP contribution in [0.25, 0.3) is 0 Å². The molecule has 0 aliphatic heterocycles. The molecule has 1 heterocycles. The third kappa shape index (κ3) is 6.50. The van der Waals surface area contributed by atoms with Crippen LogP contribution in [0.15, 0.2) is 22.7 Å². The lowest BCUT2D eigenvalue weighted by Crippen LogP contribution is -2.27. The van der Waals surface area contributed by atoms with E-state index >= 15 is 0 Å². The first-order valence-corrected chi connectivity index (χ1v) is 9.05. The summed E-state index contributed by atoms with van der Waals surface area (Å²) in [6, 6.07) is 6.08. The zero-order chi connectivity index (χ0) is 19.2. The first-order valence-electron chi connectivity index (χ1n) is 9.05. The van der Waals surface area contributed by atoms with Gasteiger partial charge in [0.2, 0.25) is 11.8 Å². The van der Waals surface area contributed by atoms with Crippen LogP contribution in [-0.2, 0) is 16.6 Å². The normalized spacial score (nSPS) is 11.4. The van der Waals surface area contributed by atoms with Crippen molar-refractivity contribution in [3.05, 3.63) is 41.0 Å².